The lowest BCUT2D eigenvalue weighted by molar-refractivity contribution is 0.00920. The van der Waals surface area contributed by atoms with E-state index in [4.69, 9.17) is 4.74 Å². The van der Waals surface area contributed by atoms with E-state index in [-0.39, 0.29) is 12.1 Å². The quantitative estimate of drug-likeness (QED) is 0.458. The van der Waals surface area contributed by atoms with Gasteiger partial charge in [0.25, 0.3) is 0 Å². The molecule has 1 aromatic heterocycles. The molecule has 0 spiro atoms. The minimum atomic E-state index is -0.502. The van der Waals surface area contributed by atoms with Crippen molar-refractivity contribution in [1.29, 1.82) is 0 Å². The van der Waals surface area contributed by atoms with Crippen LogP contribution in [0.2, 0.25) is 0 Å². The third kappa shape index (κ3) is 4.75. The Bertz CT molecular complexity index is 1140. The van der Waals surface area contributed by atoms with Gasteiger partial charge in [0.05, 0.1) is 0 Å². The molecule has 3 aromatic rings. The summed E-state index contributed by atoms with van der Waals surface area (Å²) in [7, 11) is 0. The van der Waals surface area contributed by atoms with Crippen LogP contribution in [0.25, 0.3) is 10.8 Å². The van der Waals surface area contributed by atoms with E-state index in [9.17, 15) is 4.79 Å². The summed E-state index contributed by atoms with van der Waals surface area (Å²) in [6, 6.07) is 17.5. The average Bonchev–Trinajstić information content (AvgIpc) is 2.83. The molecule has 2 aromatic carbocycles. The molecule has 2 aliphatic rings. The molecule has 5 nitrogen and oxygen atoms in total. The largest absolute Gasteiger partial charge is 0.444 e. The van der Waals surface area contributed by atoms with Crippen LogP contribution >= 0.6 is 0 Å². The number of benzene rings is 2. The van der Waals surface area contributed by atoms with Gasteiger partial charge in [0, 0.05) is 54.0 Å². The lowest BCUT2D eigenvalue weighted by Gasteiger charge is -2.43. The van der Waals surface area contributed by atoms with Crippen molar-refractivity contribution in [2.45, 2.75) is 77.1 Å². The second kappa shape index (κ2) is 9.28. The number of anilines is 1. The molecule has 0 bridgehead atoms. The van der Waals surface area contributed by atoms with Crippen LogP contribution in [0.4, 0.5) is 10.5 Å². The molecule has 178 valence electrons. The van der Waals surface area contributed by atoms with E-state index in [0.717, 1.165) is 44.2 Å². The van der Waals surface area contributed by atoms with Crippen LogP contribution in [0, 0.1) is 0 Å². The number of carbonyl (C=O) groups excluding carboxylic acids is 1. The third-order valence-corrected chi connectivity index (χ3v) is 7.14. The van der Waals surface area contributed by atoms with Crippen LogP contribution in [0.1, 0.15) is 57.6 Å². The summed E-state index contributed by atoms with van der Waals surface area (Å²) >= 11 is 0. The Morgan fingerprint density at radius 1 is 1.03 bits per heavy atom. The van der Waals surface area contributed by atoms with Gasteiger partial charge in [-0.05, 0) is 70.1 Å². The summed E-state index contributed by atoms with van der Waals surface area (Å²) in [6.45, 7) is 7.44. The molecular weight excluding hydrogens is 422 g/mol. The molecule has 34 heavy (non-hydrogen) atoms. The molecular formula is C29H35N3O2. The maximum absolute atomic E-state index is 13.2. The molecule has 5 heteroatoms. The normalized spacial score (nSPS) is 20.3. The molecule has 1 fully saturated rings. The van der Waals surface area contributed by atoms with Gasteiger partial charge in [-0.15, -0.1) is 0 Å². The maximum atomic E-state index is 13.2. The van der Waals surface area contributed by atoms with E-state index < -0.39 is 5.60 Å². The molecule has 0 atom stereocenters. The first-order chi connectivity index (χ1) is 16.4. The molecule has 1 aliphatic carbocycles. The van der Waals surface area contributed by atoms with Crippen molar-refractivity contribution in [3.8, 4) is 0 Å². The highest BCUT2D eigenvalue weighted by molar-refractivity contribution is 5.97. The summed E-state index contributed by atoms with van der Waals surface area (Å²) in [5.74, 6) is 0. The molecule has 0 N–H and O–H groups in total. The first-order valence-corrected chi connectivity index (χ1v) is 12.5. The number of aromatic nitrogens is 1. The van der Waals surface area contributed by atoms with E-state index in [0.29, 0.717) is 12.6 Å². The fraction of sp³-hybridized carbons (Fsp3) is 0.448. The fourth-order valence-corrected chi connectivity index (χ4v) is 5.58. The van der Waals surface area contributed by atoms with Crippen LogP contribution < -0.4 is 4.90 Å². The summed E-state index contributed by atoms with van der Waals surface area (Å²) in [5, 5.41) is 2.60. The molecule has 1 aliphatic heterocycles. The van der Waals surface area contributed by atoms with Crippen molar-refractivity contribution in [2.24, 2.45) is 0 Å². The number of hydrogen-bond acceptors (Lipinski definition) is 4. The van der Waals surface area contributed by atoms with E-state index in [1.54, 1.807) is 0 Å². The van der Waals surface area contributed by atoms with Crippen LogP contribution in [0.3, 0.4) is 0 Å². The standard InChI is InChI=1S/C29H35N3O2/c1-29(2,3)34-28(33)32(20-21-8-5-4-6-9-21)25-14-12-24(13-15-25)31-17-16-23-19-30-18-22-10-7-11-26(31)27(22)23/h4-11,18-19,24-25H,12-17,20H2,1-3H3. The Kier molecular flexibility index (Phi) is 6.20. The lowest BCUT2D eigenvalue weighted by Crippen LogP contribution is -2.48. The summed E-state index contributed by atoms with van der Waals surface area (Å²) in [5.41, 5.74) is 3.34. The molecule has 0 saturated heterocycles. The molecule has 0 radical (unpaired) electrons. The molecule has 5 rings (SSSR count). The maximum Gasteiger partial charge on any atom is 0.410 e. The number of pyridine rings is 1. The molecule has 0 unspecified atom stereocenters. The topological polar surface area (TPSA) is 45.7 Å². The molecule has 1 saturated carbocycles. The van der Waals surface area contributed by atoms with Crippen molar-refractivity contribution in [1.82, 2.24) is 9.88 Å². The fourth-order valence-electron chi connectivity index (χ4n) is 5.58. The highest BCUT2D eigenvalue weighted by atomic mass is 16.6. The number of amides is 1. The van der Waals surface area contributed by atoms with Crippen molar-refractivity contribution in [3.05, 3.63) is 72.1 Å². The van der Waals surface area contributed by atoms with E-state index in [1.165, 1.54) is 22.0 Å². The lowest BCUT2D eigenvalue weighted by atomic mass is 9.87. The zero-order valence-corrected chi connectivity index (χ0v) is 20.5. The van der Waals surface area contributed by atoms with Gasteiger partial charge in [0.2, 0.25) is 0 Å². The van der Waals surface area contributed by atoms with Gasteiger partial charge in [0.1, 0.15) is 5.60 Å². The number of hydrogen-bond donors (Lipinski definition) is 0. The van der Waals surface area contributed by atoms with Crippen LogP contribution in [-0.4, -0.2) is 40.2 Å². The monoisotopic (exact) mass is 457 g/mol. The van der Waals surface area contributed by atoms with E-state index in [2.05, 4.69) is 40.2 Å². The number of nitrogens with zero attached hydrogens (tertiary/aromatic N) is 3. The smallest absolute Gasteiger partial charge is 0.410 e. The Hall–Kier alpha value is -3.08. The second-order valence-corrected chi connectivity index (χ2v) is 10.7. The molecule has 1 amide bonds. The molecule has 2 heterocycles. The van der Waals surface area contributed by atoms with Gasteiger partial charge in [-0.1, -0.05) is 42.5 Å². The highest BCUT2D eigenvalue weighted by Gasteiger charge is 2.34. The summed E-state index contributed by atoms with van der Waals surface area (Å²) in [4.78, 5) is 22.2. The zero-order valence-electron chi connectivity index (χ0n) is 20.5. The first kappa shape index (κ1) is 22.7. The first-order valence-electron chi connectivity index (χ1n) is 12.5. The average molecular weight is 458 g/mol. The second-order valence-electron chi connectivity index (χ2n) is 10.7. The third-order valence-electron chi connectivity index (χ3n) is 7.14. The van der Waals surface area contributed by atoms with Gasteiger partial charge in [-0.25, -0.2) is 4.79 Å². The van der Waals surface area contributed by atoms with Crippen molar-refractivity contribution in [3.63, 3.8) is 0 Å². The Labute approximate surface area is 202 Å². The summed E-state index contributed by atoms with van der Waals surface area (Å²) in [6.07, 6.45) is 8.99. The zero-order chi connectivity index (χ0) is 23.7. The minimum Gasteiger partial charge on any atom is -0.444 e. The van der Waals surface area contributed by atoms with Crippen molar-refractivity contribution in [2.75, 3.05) is 11.4 Å². The van der Waals surface area contributed by atoms with Gasteiger partial charge < -0.3 is 14.5 Å². The van der Waals surface area contributed by atoms with Gasteiger partial charge >= 0.3 is 6.09 Å². The number of rotatable bonds is 4. The van der Waals surface area contributed by atoms with Crippen molar-refractivity contribution >= 4 is 22.6 Å². The number of carbonyl (C=O) groups is 1. The van der Waals surface area contributed by atoms with Crippen LogP contribution in [0.5, 0.6) is 0 Å². The Balaban J connectivity index is 1.32. The van der Waals surface area contributed by atoms with Crippen LogP contribution in [-0.2, 0) is 17.7 Å². The van der Waals surface area contributed by atoms with Gasteiger partial charge in [0.15, 0.2) is 0 Å². The Morgan fingerprint density at radius 2 is 1.79 bits per heavy atom. The van der Waals surface area contributed by atoms with E-state index >= 15 is 0 Å². The van der Waals surface area contributed by atoms with E-state index in [1.807, 2.05) is 56.3 Å². The Morgan fingerprint density at radius 3 is 2.53 bits per heavy atom. The van der Waals surface area contributed by atoms with Gasteiger partial charge in [-0.3, -0.25) is 4.98 Å². The predicted molar refractivity (Wildman–Crippen MR) is 137 cm³/mol. The SMILES string of the molecule is CC(C)(C)OC(=O)N(Cc1ccccc1)C1CCC(N2CCc3cncc4cccc2c34)CC1. The minimum absolute atomic E-state index is 0.198. The summed E-state index contributed by atoms with van der Waals surface area (Å²) < 4.78 is 5.82. The van der Waals surface area contributed by atoms with Crippen LogP contribution in [0.15, 0.2) is 60.9 Å². The van der Waals surface area contributed by atoms with Gasteiger partial charge in [-0.2, -0.15) is 0 Å². The highest BCUT2D eigenvalue weighted by Crippen LogP contribution is 2.38. The number of ether oxygens (including phenoxy) is 1. The van der Waals surface area contributed by atoms with Crippen molar-refractivity contribution < 1.29 is 9.53 Å². The predicted octanol–water partition coefficient (Wildman–Crippen LogP) is 6.35.